The molecule has 2 atom stereocenters. The van der Waals surface area contributed by atoms with Gasteiger partial charge in [0.25, 0.3) is 0 Å². The van der Waals surface area contributed by atoms with E-state index in [1.807, 2.05) is 22.7 Å². The SMILES string of the molecule is c1ccc(N(c2cccc(-c3cccc4c3-c3ccccc3C43c4c(c5ccccc5c5ccccc45)Oc4c3c3ccccc3c3ccc(-c5ccc(N(c6ccc(-c7ccc8c(c7)-c7ccccc7C8C7c8c(c9ccccc9c9ccccc89)Oc8c7c7ccccc7c7ccccc87)cc6)c6cccc7sc8ccccc8c67)cc5)cc43)c2)c2cccc3sc4ccccc4c23)cc1. The molecule has 2 aliphatic carbocycles. The molecule has 1 spiro atoms. The van der Waals surface area contributed by atoms with Crippen LogP contribution in [0.15, 0.2) is 461 Å². The molecule has 0 saturated carbocycles. The van der Waals surface area contributed by atoms with Crippen LogP contribution in [0.25, 0.3) is 182 Å². The topological polar surface area (TPSA) is 24.9 Å². The second-order valence-corrected chi connectivity index (χ2v) is 39.4. The summed E-state index contributed by atoms with van der Waals surface area (Å²) in [4.78, 5) is 4.95. The summed E-state index contributed by atoms with van der Waals surface area (Å²) < 4.78 is 20.9. The number of nitrogens with zero attached hydrogens (tertiary/aromatic N) is 2. The third kappa shape index (κ3) is 10.9. The van der Waals surface area contributed by atoms with Gasteiger partial charge in [-0.25, -0.2) is 0 Å². The maximum Gasteiger partial charge on any atom is 0.140 e. The van der Waals surface area contributed by atoms with E-state index in [1.54, 1.807) is 0 Å². The van der Waals surface area contributed by atoms with Crippen LogP contribution in [0, 0.1) is 0 Å². The van der Waals surface area contributed by atoms with E-state index in [2.05, 4.69) is 471 Å². The molecular formula is C131H78N2O2S2. The third-order valence-electron chi connectivity index (χ3n) is 30.5. The quantitative estimate of drug-likeness (QED) is 0.127. The lowest BCUT2D eigenvalue weighted by atomic mass is 9.63. The third-order valence-corrected chi connectivity index (χ3v) is 32.7. The van der Waals surface area contributed by atoms with Crippen molar-refractivity contribution in [1.29, 1.82) is 0 Å². The highest BCUT2D eigenvalue weighted by atomic mass is 32.1. The van der Waals surface area contributed by atoms with Crippen molar-refractivity contribution in [1.82, 2.24) is 0 Å². The fraction of sp³-hybridized carbons (Fsp3) is 0.0229. The van der Waals surface area contributed by atoms with Gasteiger partial charge in [0.1, 0.15) is 23.0 Å². The first-order valence-electron chi connectivity index (χ1n) is 47.4. The summed E-state index contributed by atoms with van der Waals surface area (Å²) in [5, 5.41) is 23.7. The number of rotatable bonds is 10. The lowest BCUT2D eigenvalue weighted by Crippen LogP contribution is -2.33. The summed E-state index contributed by atoms with van der Waals surface area (Å²) in [5.74, 6) is 3.49. The minimum atomic E-state index is -0.911. The highest BCUT2D eigenvalue weighted by molar-refractivity contribution is 7.26. The molecule has 30 rings (SSSR count). The van der Waals surface area contributed by atoms with Gasteiger partial charge in [0.15, 0.2) is 0 Å². The second kappa shape index (κ2) is 29.5. The molecule has 0 amide bonds. The Bertz CT molecular complexity index is 9610. The van der Waals surface area contributed by atoms with Crippen molar-refractivity contribution in [2.45, 2.75) is 17.3 Å². The van der Waals surface area contributed by atoms with Gasteiger partial charge in [0.2, 0.25) is 0 Å². The van der Waals surface area contributed by atoms with Crippen LogP contribution in [-0.2, 0) is 5.41 Å². The molecule has 4 heterocycles. The number of hydrogen-bond acceptors (Lipinski definition) is 6. The molecule has 0 saturated heterocycles. The van der Waals surface area contributed by atoms with Crippen LogP contribution in [0.1, 0.15) is 56.3 Å². The average molecular weight is 1780 g/mol. The van der Waals surface area contributed by atoms with Gasteiger partial charge < -0.3 is 19.3 Å². The minimum absolute atomic E-state index is 0.0426. The lowest BCUT2D eigenvalue weighted by molar-refractivity contribution is 0.451. The van der Waals surface area contributed by atoms with Gasteiger partial charge in [-0.3, -0.25) is 0 Å². The smallest absolute Gasteiger partial charge is 0.140 e. The number of anilines is 6. The molecule has 0 fully saturated rings. The molecule has 26 aromatic rings. The second-order valence-electron chi connectivity index (χ2n) is 37.2. The van der Waals surface area contributed by atoms with E-state index < -0.39 is 5.41 Å². The van der Waals surface area contributed by atoms with Gasteiger partial charge in [-0.05, 0) is 240 Å². The van der Waals surface area contributed by atoms with Crippen LogP contribution >= 0.6 is 22.7 Å². The van der Waals surface area contributed by atoms with E-state index in [4.69, 9.17) is 9.47 Å². The molecule has 4 aliphatic rings. The molecule has 0 bridgehead atoms. The van der Waals surface area contributed by atoms with Crippen LogP contribution in [0.2, 0.25) is 0 Å². The van der Waals surface area contributed by atoms with Crippen LogP contribution in [-0.4, -0.2) is 0 Å². The van der Waals surface area contributed by atoms with Gasteiger partial charge >= 0.3 is 0 Å². The molecular weight excluding hydrogens is 1700 g/mol. The first kappa shape index (κ1) is 76.5. The Balaban J connectivity index is 0.567. The Morgan fingerprint density at radius 3 is 1.15 bits per heavy atom. The molecule has 2 unspecified atom stereocenters. The van der Waals surface area contributed by atoms with Crippen molar-refractivity contribution < 1.29 is 9.47 Å². The molecule has 24 aromatic carbocycles. The van der Waals surface area contributed by atoms with Crippen molar-refractivity contribution in [2.24, 2.45) is 0 Å². The van der Waals surface area contributed by atoms with Gasteiger partial charge in [0, 0.05) is 119 Å². The van der Waals surface area contributed by atoms with Crippen LogP contribution in [0.3, 0.4) is 0 Å². The molecule has 0 N–H and O–H groups in total. The molecule has 4 nitrogen and oxygen atoms in total. The van der Waals surface area contributed by atoms with E-state index in [0.29, 0.717) is 0 Å². The fourth-order valence-corrected chi connectivity index (χ4v) is 27.2. The van der Waals surface area contributed by atoms with Crippen molar-refractivity contribution in [3.63, 3.8) is 0 Å². The Hall–Kier alpha value is -17.0. The maximum absolute atomic E-state index is 8.18. The van der Waals surface area contributed by atoms with E-state index >= 15 is 0 Å². The van der Waals surface area contributed by atoms with E-state index in [9.17, 15) is 0 Å². The highest BCUT2D eigenvalue weighted by Gasteiger charge is 2.55. The van der Waals surface area contributed by atoms with Gasteiger partial charge in [-0.15, -0.1) is 22.7 Å². The number of thiophene rings is 2. The monoisotopic (exact) mass is 1770 g/mol. The zero-order valence-corrected chi connectivity index (χ0v) is 75.7. The number of para-hydroxylation sites is 1. The van der Waals surface area contributed by atoms with Gasteiger partial charge in [-0.1, -0.05) is 364 Å². The average Bonchev–Trinajstić information content (AvgIpc) is 1.54. The van der Waals surface area contributed by atoms with Crippen LogP contribution < -0.4 is 19.3 Å². The summed E-state index contributed by atoms with van der Waals surface area (Å²) >= 11 is 3.71. The largest absolute Gasteiger partial charge is 0.455 e. The summed E-state index contributed by atoms with van der Waals surface area (Å²) in [5.41, 5.74) is 27.3. The Kier molecular flexibility index (Phi) is 16.5. The maximum atomic E-state index is 8.18. The van der Waals surface area contributed by atoms with Crippen molar-refractivity contribution in [3.05, 3.63) is 506 Å². The molecule has 636 valence electrons. The first-order chi connectivity index (χ1) is 68.0. The van der Waals surface area contributed by atoms with Gasteiger partial charge in [0.05, 0.1) is 16.8 Å². The molecule has 6 heteroatoms. The lowest BCUT2D eigenvalue weighted by Gasteiger charge is -2.42. The zero-order chi connectivity index (χ0) is 89.4. The number of ether oxygens (including phenoxy) is 2. The fourth-order valence-electron chi connectivity index (χ4n) is 24.9. The van der Waals surface area contributed by atoms with E-state index in [1.165, 1.54) is 150 Å². The summed E-state index contributed by atoms with van der Waals surface area (Å²) in [6, 6.07) is 173. The summed E-state index contributed by atoms with van der Waals surface area (Å²) in [6.07, 6.45) is 0. The van der Waals surface area contributed by atoms with E-state index in [-0.39, 0.29) is 11.8 Å². The minimum Gasteiger partial charge on any atom is -0.455 e. The predicted molar refractivity (Wildman–Crippen MR) is 577 cm³/mol. The molecule has 2 aliphatic heterocycles. The summed E-state index contributed by atoms with van der Waals surface area (Å²) in [6.45, 7) is 0. The van der Waals surface area contributed by atoms with Crippen molar-refractivity contribution in [2.75, 3.05) is 9.80 Å². The van der Waals surface area contributed by atoms with Crippen LogP contribution in [0.5, 0.6) is 23.0 Å². The molecule has 0 radical (unpaired) electrons. The number of fused-ring (bicyclic) bond motifs is 40. The highest BCUT2D eigenvalue weighted by Crippen LogP contribution is 2.70. The Labute approximate surface area is 797 Å². The molecule has 137 heavy (non-hydrogen) atoms. The Morgan fingerprint density at radius 2 is 0.577 bits per heavy atom. The standard InChI is InChI=1S/C131H78N2O2S2/c1-2-31-82(32-3-1)133(113-57-29-61-117-121(113)107-52-22-25-59-115(107)137-117)85-33-26-30-81(74-85)86-53-27-55-111-118(86)105-50-20-23-54-110(105)131(111)125-100-45-15-7-36-89(100)93-40-11-19-49-104(93)129(125)135-130-109-76-80(66-72-95(109)90-37-8-16-46-101(90)126(130)131)78-64-70-84(71-65-78)132(112-56-28-60-116-120(112)106-51-21-24-58-114(106)136-116)83-68-62-77(63-69-83)79-67-73-99-108(75-79)94-41-6-12-42-96(94)119(99)124-122-97-43-13-4-34-87(97)91-38-9-17-47-102(91)127(122)134-128-103-48-18-10-39-92(103)88-35-5-14-44-98(88)123(124)128/h1-76,119,124H. The van der Waals surface area contributed by atoms with Crippen molar-refractivity contribution >= 4 is 183 Å². The predicted octanol–water partition coefficient (Wildman–Crippen LogP) is 37.1. The first-order valence-corrected chi connectivity index (χ1v) is 49.0. The normalized spacial score (nSPS) is 14.5. The van der Waals surface area contributed by atoms with Crippen molar-refractivity contribution in [3.8, 4) is 78.6 Å². The summed E-state index contributed by atoms with van der Waals surface area (Å²) in [7, 11) is 0. The van der Waals surface area contributed by atoms with Crippen LogP contribution in [0.4, 0.5) is 34.1 Å². The van der Waals surface area contributed by atoms with E-state index in [0.717, 1.165) is 134 Å². The Morgan fingerprint density at radius 1 is 0.204 bits per heavy atom. The number of hydrogen-bond donors (Lipinski definition) is 0. The molecule has 2 aromatic heterocycles. The number of benzene rings is 24. The zero-order valence-electron chi connectivity index (χ0n) is 74.1. The van der Waals surface area contributed by atoms with Gasteiger partial charge in [-0.2, -0.15) is 0 Å².